The smallest absolute Gasteiger partial charge is 0.251 e. The summed E-state index contributed by atoms with van der Waals surface area (Å²) in [5.41, 5.74) is 3.32. The first kappa shape index (κ1) is 18.1. The van der Waals surface area contributed by atoms with Gasteiger partial charge in [0.1, 0.15) is 5.82 Å². The van der Waals surface area contributed by atoms with Crippen LogP contribution in [0.4, 0.5) is 5.13 Å². The van der Waals surface area contributed by atoms with E-state index in [4.69, 9.17) is 4.98 Å². The maximum absolute atomic E-state index is 12.6. The van der Waals surface area contributed by atoms with Gasteiger partial charge in [0.15, 0.2) is 5.13 Å². The summed E-state index contributed by atoms with van der Waals surface area (Å²) in [7, 11) is 0. The van der Waals surface area contributed by atoms with Crippen LogP contribution in [0.2, 0.25) is 0 Å². The van der Waals surface area contributed by atoms with Gasteiger partial charge in [-0.05, 0) is 43.2 Å². The van der Waals surface area contributed by atoms with Gasteiger partial charge in [-0.1, -0.05) is 23.5 Å². The summed E-state index contributed by atoms with van der Waals surface area (Å²) in [6.07, 6.45) is 2.05. The van der Waals surface area contributed by atoms with Crippen LogP contribution in [0.3, 0.4) is 0 Å². The highest BCUT2D eigenvalue weighted by Crippen LogP contribution is 2.33. The first-order valence-corrected chi connectivity index (χ1v) is 10.5. The number of nitrogens with one attached hydrogen (secondary N) is 2. The molecule has 1 amide bonds. The SMILES string of the molecule is O=C(NCc1nc2ccccc2[nH]1)c1ccc2nc(N3CCCC3CO)sc2c1. The number of carbonyl (C=O) groups is 1. The van der Waals surface area contributed by atoms with E-state index in [0.29, 0.717) is 12.1 Å². The molecule has 0 saturated carbocycles. The fourth-order valence-electron chi connectivity index (χ4n) is 3.81. The van der Waals surface area contributed by atoms with E-state index in [0.717, 1.165) is 51.6 Å². The average Bonchev–Trinajstić information content (AvgIpc) is 3.47. The number of aromatic amines is 1. The molecular formula is C21H21N5O2S. The standard InChI is InChI=1S/C21H21N5O2S/c27-12-14-4-3-9-26(14)21-25-17-8-7-13(10-18(17)29-21)20(28)22-11-19-23-15-5-1-2-6-16(15)24-19/h1-2,5-8,10,14,27H,3-4,9,11-12H2,(H,22,28)(H,23,24). The highest BCUT2D eigenvalue weighted by molar-refractivity contribution is 7.22. The third-order valence-electron chi connectivity index (χ3n) is 5.33. The Morgan fingerprint density at radius 1 is 1.24 bits per heavy atom. The van der Waals surface area contributed by atoms with Crippen LogP contribution in [-0.2, 0) is 6.54 Å². The number of nitrogens with zero attached hydrogens (tertiary/aromatic N) is 3. The Morgan fingerprint density at radius 2 is 2.14 bits per heavy atom. The molecule has 8 heteroatoms. The molecule has 3 heterocycles. The zero-order valence-electron chi connectivity index (χ0n) is 15.8. The molecule has 1 atom stereocenters. The van der Waals surface area contributed by atoms with Crippen LogP contribution in [0.15, 0.2) is 42.5 Å². The maximum atomic E-state index is 12.6. The highest BCUT2D eigenvalue weighted by Gasteiger charge is 2.26. The molecular weight excluding hydrogens is 386 g/mol. The summed E-state index contributed by atoms with van der Waals surface area (Å²) in [5.74, 6) is 0.585. The first-order valence-electron chi connectivity index (χ1n) is 9.71. The molecule has 5 rings (SSSR count). The van der Waals surface area contributed by atoms with Crippen LogP contribution in [0.5, 0.6) is 0 Å². The van der Waals surface area contributed by atoms with Crippen molar-refractivity contribution in [3.05, 3.63) is 53.9 Å². The molecule has 1 aliphatic heterocycles. The lowest BCUT2D eigenvalue weighted by molar-refractivity contribution is 0.0950. The molecule has 0 aliphatic carbocycles. The third-order valence-corrected chi connectivity index (χ3v) is 6.38. The third kappa shape index (κ3) is 3.45. The van der Waals surface area contributed by atoms with Crippen molar-refractivity contribution in [3.8, 4) is 0 Å². The molecule has 1 unspecified atom stereocenters. The molecule has 148 valence electrons. The number of hydrogen-bond acceptors (Lipinski definition) is 6. The van der Waals surface area contributed by atoms with Crippen LogP contribution < -0.4 is 10.2 Å². The molecule has 1 aliphatic rings. The van der Waals surface area contributed by atoms with Gasteiger partial charge in [-0.15, -0.1) is 0 Å². The minimum absolute atomic E-state index is 0.141. The summed E-state index contributed by atoms with van der Waals surface area (Å²) in [4.78, 5) is 27.2. The molecule has 1 saturated heterocycles. The topological polar surface area (TPSA) is 94.1 Å². The van der Waals surface area contributed by atoms with Gasteiger partial charge in [0.05, 0.1) is 40.4 Å². The summed E-state index contributed by atoms with van der Waals surface area (Å²) >= 11 is 1.57. The Bertz CT molecular complexity index is 1150. The van der Waals surface area contributed by atoms with E-state index in [-0.39, 0.29) is 18.6 Å². The molecule has 1 fully saturated rings. The highest BCUT2D eigenvalue weighted by atomic mass is 32.1. The molecule has 0 radical (unpaired) electrons. The number of para-hydroxylation sites is 2. The second-order valence-electron chi connectivity index (χ2n) is 7.23. The van der Waals surface area contributed by atoms with Crippen LogP contribution in [-0.4, -0.2) is 45.2 Å². The van der Waals surface area contributed by atoms with Crippen LogP contribution in [0, 0.1) is 0 Å². The van der Waals surface area contributed by atoms with E-state index in [9.17, 15) is 9.90 Å². The molecule has 7 nitrogen and oxygen atoms in total. The monoisotopic (exact) mass is 407 g/mol. The van der Waals surface area contributed by atoms with Crippen molar-refractivity contribution in [3.63, 3.8) is 0 Å². The Morgan fingerprint density at radius 3 is 3.00 bits per heavy atom. The number of benzene rings is 2. The Hall–Kier alpha value is -2.97. The van der Waals surface area contributed by atoms with Crippen molar-refractivity contribution in [2.24, 2.45) is 0 Å². The average molecular weight is 407 g/mol. The summed E-state index contributed by atoms with van der Waals surface area (Å²) in [6, 6.07) is 13.5. The number of thiazole rings is 1. The van der Waals surface area contributed by atoms with Crippen molar-refractivity contribution >= 4 is 43.6 Å². The lowest BCUT2D eigenvalue weighted by Gasteiger charge is -2.21. The zero-order chi connectivity index (χ0) is 19.8. The number of H-pyrrole nitrogens is 1. The largest absolute Gasteiger partial charge is 0.394 e. The van der Waals surface area contributed by atoms with Gasteiger partial charge >= 0.3 is 0 Å². The van der Waals surface area contributed by atoms with Gasteiger partial charge in [-0.2, -0.15) is 0 Å². The number of imidazole rings is 1. The predicted molar refractivity (Wildman–Crippen MR) is 114 cm³/mol. The van der Waals surface area contributed by atoms with Gasteiger partial charge in [-0.3, -0.25) is 4.79 Å². The zero-order valence-corrected chi connectivity index (χ0v) is 16.6. The van der Waals surface area contributed by atoms with E-state index < -0.39 is 0 Å². The number of aliphatic hydroxyl groups excluding tert-OH is 1. The second kappa shape index (κ2) is 7.46. The number of hydrogen-bond donors (Lipinski definition) is 3. The fourth-order valence-corrected chi connectivity index (χ4v) is 4.91. The molecule has 3 N–H and O–H groups in total. The van der Waals surface area contributed by atoms with E-state index >= 15 is 0 Å². The Labute approximate surface area is 171 Å². The molecule has 4 aromatic rings. The molecule has 29 heavy (non-hydrogen) atoms. The van der Waals surface area contributed by atoms with Gasteiger partial charge < -0.3 is 20.3 Å². The van der Waals surface area contributed by atoms with Crippen LogP contribution >= 0.6 is 11.3 Å². The van der Waals surface area contributed by atoms with Gasteiger partial charge in [-0.25, -0.2) is 9.97 Å². The number of amides is 1. The Balaban J connectivity index is 1.32. The molecule has 0 bridgehead atoms. The minimum Gasteiger partial charge on any atom is -0.394 e. The number of carbonyl (C=O) groups excluding carboxylic acids is 1. The summed E-state index contributed by atoms with van der Waals surface area (Å²) in [6.45, 7) is 1.40. The van der Waals surface area contributed by atoms with E-state index in [1.54, 1.807) is 17.4 Å². The number of aromatic nitrogens is 3. The minimum atomic E-state index is -0.142. The fraction of sp³-hybridized carbons (Fsp3) is 0.286. The van der Waals surface area contributed by atoms with Crippen LogP contribution in [0.1, 0.15) is 29.0 Å². The van der Waals surface area contributed by atoms with Gasteiger partial charge in [0.25, 0.3) is 5.91 Å². The van der Waals surface area contributed by atoms with Crippen molar-refractivity contribution in [1.82, 2.24) is 20.3 Å². The van der Waals surface area contributed by atoms with Crippen molar-refractivity contribution in [2.75, 3.05) is 18.1 Å². The summed E-state index contributed by atoms with van der Waals surface area (Å²) in [5, 5.41) is 13.4. The number of anilines is 1. The normalized spacial score (nSPS) is 16.7. The van der Waals surface area contributed by atoms with E-state index in [2.05, 4.69) is 20.2 Å². The van der Waals surface area contributed by atoms with Gasteiger partial charge in [0.2, 0.25) is 0 Å². The van der Waals surface area contributed by atoms with Gasteiger partial charge in [0, 0.05) is 12.1 Å². The number of fused-ring (bicyclic) bond motifs is 2. The predicted octanol–water partition coefficient (Wildman–Crippen LogP) is 3.06. The number of aliphatic hydroxyl groups is 1. The van der Waals surface area contributed by atoms with E-state index in [1.165, 1.54) is 0 Å². The molecule has 0 spiro atoms. The second-order valence-corrected chi connectivity index (χ2v) is 8.24. The quantitative estimate of drug-likeness (QED) is 0.473. The van der Waals surface area contributed by atoms with Crippen molar-refractivity contribution in [1.29, 1.82) is 0 Å². The Kier molecular flexibility index (Phi) is 4.65. The van der Waals surface area contributed by atoms with Crippen molar-refractivity contribution in [2.45, 2.75) is 25.4 Å². The molecule has 2 aromatic heterocycles. The maximum Gasteiger partial charge on any atom is 0.251 e. The molecule has 2 aromatic carbocycles. The first-order chi connectivity index (χ1) is 14.2. The number of rotatable bonds is 5. The summed E-state index contributed by atoms with van der Waals surface area (Å²) < 4.78 is 0.972. The van der Waals surface area contributed by atoms with Crippen molar-refractivity contribution < 1.29 is 9.90 Å². The van der Waals surface area contributed by atoms with E-state index in [1.807, 2.05) is 36.4 Å². The van der Waals surface area contributed by atoms with Crippen LogP contribution in [0.25, 0.3) is 21.3 Å². The lowest BCUT2D eigenvalue weighted by Crippen LogP contribution is -2.31. The lowest BCUT2D eigenvalue weighted by atomic mass is 10.2.